The molecule has 4 fully saturated rings. The van der Waals surface area contributed by atoms with Crippen LogP contribution in [0.25, 0.3) is 0 Å². The molecule has 6 atom stereocenters. The Labute approximate surface area is 129 Å². The number of carbonyl (C=O) groups is 1. The zero-order valence-electron chi connectivity index (χ0n) is 13.8. The third kappa shape index (κ3) is 1.67. The standard InChI is InChI=1S/C20H30O/c1-14-11-20-10-7-16-18(2,13-21)8-4-9-19(16,3)17(20)6-5-15(14)12-20/h13,15-17H,1,4-12H2,2-3H3/t15-,16+,17+,18-,19-,20-/m0/s1. The molecule has 1 nitrogen and oxygen atoms in total. The Hall–Kier alpha value is -0.590. The second kappa shape index (κ2) is 4.24. The van der Waals surface area contributed by atoms with Gasteiger partial charge in [-0.15, -0.1) is 0 Å². The fraction of sp³-hybridized carbons (Fsp3) is 0.850. The molecule has 0 aromatic heterocycles. The van der Waals surface area contributed by atoms with Crippen LogP contribution in [0.1, 0.15) is 71.6 Å². The normalized spacial score (nSPS) is 55.7. The van der Waals surface area contributed by atoms with Gasteiger partial charge in [0.05, 0.1) is 0 Å². The van der Waals surface area contributed by atoms with Crippen LogP contribution in [0.4, 0.5) is 0 Å². The molecule has 0 aromatic rings. The molecule has 0 radical (unpaired) electrons. The summed E-state index contributed by atoms with van der Waals surface area (Å²) in [5, 5.41) is 0. The molecule has 0 heterocycles. The topological polar surface area (TPSA) is 17.1 Å². The minimum Gasteiger partial charge on any atom is -0.303 e. The number of hydrogen-bond acceptors (Lipinski definition) is 1. The number of allylic oxidation sites excluding steroid dienone is 1. The van der Waals surface area contributed by atoms with E-state index >= 15 is 0 Å². The number of hydrogen-bond donors (Lipinski definition) is 0. The summed E-state index contributed by atoms with van der Waals surface area (Å²) >= 11 is 0. The van der Waals surface area contributed by atoms with Gasteiger partial charge in [-0.05, 0) is 80.0 Å². The third-order valence-corrected chi connectivity index (χ3v) is 8.37. The van der Waals surface area contributed by atoms with Gasteiger partial charge in [0.15, 0.2) is 0 Å². The molecule has 4 rings (SSSR count). The van der Waals surface area contributed by atoms with E-state index in [1.165, 1.54) is 57.7 Å². The van der Waals surface area contributed by atoms with Crippen LogP contribution in [0.3, 0.4) is 0 Å². The van der Waals surface area contributed by atoms with Crippen LogP contribution in [0.2, 0.25) is 0 Å². The lowest BCUT2D eigenvalue weighted by molar-refractivity contribution is -0.157. The van der Waals surface area contributed by atoms with Crippen molar-refractivity contribution in [2.75, 3.05) is 0 Å². The van der Waals surface area contributed by atoms with E-state index in [0.717, 1.165) is 18.3 Å². The van der Waals surface area contributed by atoms with E-state index < -0.39 is 0 Å². The molecular weight excluding hydrogens is 256 g/mol. The van der Waals surface area contributed by atoms with Crippen LogP contribution in [0.5, 0.6) is 0 Å². The SMILES string of the molecule is C=C1C[C@]23CC[C@H]4[C@](C)(CCC[C@@]4(C)C=O)[C@H]2CC[C@H]1C3. The molecule has 0 N–H and O–H groups in total. The minimum atomic E-state index is -0.0545. The highest BCUT2D eigenvalue weighted by molar-refractivity contribution is 5.60. The lowest BCUT2D eigenvalue weighted by atomic mass is 9.41. The van der Waals surface area contributed by atoms with Crippen LogP contribution in [-0.2, 0) is 4.79 Å². The van der Waals surface area contributed by atoms with E-state index in [2.05, 4.69) is 20.4 Å². The predicted molar refractivity (Wildman–Crippen MR) is 85.9 cm³/mol. The van der Waals surface area contributed by atoms with Crippen LogP contribution < -0.4 is 0 Å². The van der Waals surface area contributed by atoms with Gasteiger partial charge in [0, 0.05) is 5.41 Å². The van der Waals surface area contributed by atoms with Crippen molar-refractivity contribution >= 4 is 6.29 Å². The smallest absolute Gasteiger partial charge is 0.126 e. The molecule has 4 aliphatic rings. The van der Waals surface area contributed by atoms with Gasteiger partial charge in [-0.25, -0.2) is 0 Å². The molecule has 1 heteroatoms. The van der Waals surface area contributed by atoms with Crippen LogP contribution in [0.15, 0.2) is 12.2 Å². The van der Waals surface area contributed by atoms with Gasteiger partial charge < -0.3 is 4.79 Å². The van der Waals surface area contributed by atoms with E-state index in [4.69, 9.17) is 0 Å². The highest BCUT2D eigenvalue weighted by atomic mass is 16.1. The monoisotopic (exact) mass is 286 g/mol. The van der Waals surface area contributed by atoms with Crippen molar-refractivity contribution in [1.82, 2.24) is 0 Å². The summed E-state index contributed by atoms with van der Waals surface area (Å²) in [6, 6.07) is 0. The average Bonchev–Trinajstić information content (AvgIpc) is 2.68. The Kier molecular flexibility index (Phi) is 2.83. The molecular formula is C20H30O. The van der Waals surface area contributed by atoms with E-state index in [-0.39, 0.29) is 5.41 Å². The number of carbonyl (C=O) groups excluding carboxylic acids is 1. The van der Waals surface area contributed by atoms with E-state index in [1.807, 2.05) is 0 Å². The molecule has 21 heavy (non-hydrogen) atoms. The maximum Gasteiger partial charge on any atom is 0.126 e. The first-order valence-electron chi connectivity index (χ1n) is 9.08. The fourth-order valence-corrected chi connectivity index (χ4v) is 7.54. The fourth-order valence-electron chi connectivity index (χ4n) is 7.54. The molecule has 4 saturated carbocycles. The van der Waals surface area contributed by atoms with Crippen molar-refractivity contribution in [3.8, 4) is 0 Å². The summed E-state index contributed by atoms with van der Waals surface area (Å²) in [6.45, 7) is 9.19. The van der Waals surface area contributed by atoms with Gasteiger partial charge in [0.1, 0.15) is 6.29 Å². The van der Waals surface area contributed by atoms with Crippen LogP contribution >= 0.6 is 0 Å². The maximum atomic E-state index is 11.8. The van der Waals surface area contributed by atoms with Crippen molar-refractivity contribution in [2.24, 2.45) is 34.0 Å². The summed E-state index contributed by atoms with van der Waals surface area (Å²) in [4.78, 5) is 11.8. The Morgan fingerprint density at radius 1 is 1.10 bits per heavy atom. The number of fused-ring (bicyclic) bond motifs is 3. The first-order chi connectivity index (χ1) is 9.94. The number of aldehydes is 1. The first-order valence-corrected chi connectivity index (χ1v) is 9.08. The summed E-state index contributed by atoms with van der Waals surface area (Å²) in [7, 11) is 0. The lowest BCUT2D eigenvalue weighted by Crippen LogP contribution is -2.56. The molecule has 0 saturated heterocycles. The Morgan fingerprint density at radius 2 is 1.90 bits per heavy atom. The van der Waals surface area contributed by atoms with Gasteiger partial charge in [0.2, 0.25) is 0 Å². The van der Waals surface area contributed by atoms with Gasteiger partial charge >= 0.3 is 0 Å². The summed E-state index contributed by atoms with van der Waals surface area (Å²) < 4.78 is 0. The minimum absolute atomic E-state index is 0.0545. The summed E-state index contributed by atoms with van der Waals surface area (Å²) in [5.74, 6) is 2.29. The Morgan fingerprint density at radius 3 is 2.67 bits per heavy atom. The van der Waals surface area contributed by atoms with Crippen molar-refractivity contribution in [3.63, 3.8) is 0 Å². The highest BCUT2D eigenvalue weighted by Crippen LogP contribution is 2.71. The molecule has 4 aliphatic carbocycles. The second-order valence-corrected chi connectivity index (χ2v) is 9.30. The molecule has 0 unspecified atom stereocenters. The Bertz CT molecular complexity index is 494. The third-order valence-electron chi connectivity index (χ3n) is 8.37. The quantitative estimate of drug-likeness (QED) is 0.481. The van der Waals surface area contributed by atoms with Gasteiger partial charge in [-0.2, -0.15) is 0 Å². The van der Waals surface area contributed by atoms with E-state index in [1.54, 1.807) is 5.57 Å². The lowest BCUT2D eigenvalue weighted by Gasteiger charge is -2.63. The van der Waals surface area contributed by atoms with E-state index in [9.17, 15) is 4.79 Å². The average molecular weight is 286 g/mol. The van der Waals surface area contributed by atoms with Gasteiger partial charge in [0.25, 0.3) is 0 Å². The van der Waals surface area contributed by atoms with Gasteiger partial charge in [-0.1, -0.05) is 32.4 Å². The molecule has 0 amide bonds. The molecule has 2 bridgehead atoms. The first kappa shape index (κ1) is 14.0. The van der Waals surface area contributed by atoms with Gasteiger partial charge in [-0.3, -0.25) is 0 Å². The Balaban J connectivity index is 1.75. The maximum absolute atomic E-state index is 11.8. The van der Waals surface area contributed by atoms with Crippen LogP contribution in [-0.4, -0.2) is 6.29 Å². The zero-order valence-corrected chi connectivity index (χ0v) is 13.8. The highest BCUT2D eigenvalue weighted by Gasteiger charge is 2.63. The van der Waals surface area contributed by atoms with E-state index in [0.29, 0.717) is 16.7 Å². The molecule has 0 aliphatic heterocycles. The zero-order chi connectivity index (χ0) is 14.9. The van der Waals surface area contributed by atoms with Crippen LogP contribution in [0, 0.1) is 34.0 Å². The number of rotatable bonds is 1. The summed E-state index contributed by atoms with van der Waals surface area (Å²) in [6.07, 6.45) is 13.1. The van der Waals surface area contributed by atoms with Crippen molar-refractivity contribution in [3.05, 3.63) is 12.2 Å². The molecule has 116 valence electrons. The van der Waals surface area contributed by atoms with Crippen molar-refractivity contribution < 1.29 is 4.79 Å². The molecule has 1 spiro atoms. The van der Waals surface area contributed by atoms with Crippen molar-refractivity contribution in [1.29, 1.82) is 0 Å². The second-order valence-electron chi connectivity index (χ2n) is 9.30. The summed E-state index contributed by atoms with van der Waals surface area (Å²) in [5.41, 5.74) is 2.46. The largest absolute Gasteiger partial charge is 0.303 e. The predicted octanol–water partition coefficient (Wildman–Crippen LogP) is 5.15. The molecule has 0 aromatic carbocycles. The van der Waals surface area contributed by atoms with Crippen molar-refractivity contribution in [2.45, 2.75) is 71.6 Å².